The predicted molar refractivity (Wildman–Crippen MR) is 96.1 cm³/mol. The third-order valence-electron chi connectivity index (χ3n) is 4.54. The molecular formula is C20H19NO5. The second-order valence-corrected chi connectivity index (χ2v) is 6.03. The Morgan fingerprint density at radius 2 is 1.85 bits per heavy atom. The average Bonchev–Trinajstić information content (AvgIpc) is 3.14. The van der Waals surface area contributed by atoms with Gasteiger partial charge in [-0.2, -0.15) is 0 Å². The molecule has 0 bridgehead atoms. The van der Waals surface area contributed by atoms with Crippen LogP contribution >= 0.6 is 0 Å². The van der Waals surface area contributed by atoms with E-state index in [1.807, 2.05) is 12.1 Å². The molecule has 0 saturated heterocycles. The minimum absolute atomic E-state index is 0.103. The quantitative estimate of drug-likeness (QED) is 0.674. The van der Waals surface area contributed by atoms with Gasteiger partial charge >= 0.3 is 0 Å². The van der Waals surface area contributed by atoms with Gasteiger partial charge < -0.3 is 24.3 Å². The fraction of sp³-hybridized carbons (Fsp3) is 0.250. The van der Waals surface area contributed by atoms with Crippen molar-refractivity contribution >= 4 is 11.5 Å². The standard InChI is InChI=1S/C20H19NO5/c1-23-18-7-12-5-6-21-15(14(12)9-19(18)24-2)10-16(22)13-3-4-17-20(8-13)26-11-25-17/h3-4,7-10,21H,5-6,11H2,1-2H3/b15-10-. The van der Waals surface area contributed by atoms with Gasteiger partial charge in [-0.3, -0.25) is 4.79 Å². The average molecular weight is 353 g/mol. The molecule has 1 N–H and O–H groups in total. The molecule has 134 valence electrons. The van der Waals surface area contributed by atoms with Gasteiger partial charge in [0.2, 0.25) is 6.79 Å². The zero-order valence-corrected chi connectivity index (χ0v) is 14.6. The Balaban J connectivity index is 1.69. The number of rotatable bonds is 4. The van der Waals surface area contributed by atoms with Crippen LogP contribution in [0.1, 0.15) is 21.5 Å². The highest BCUT2D eigenvalue weighted by atomic mass is 16.7. The minimum atomic E-state index is -0.103. The van der Waals surface area contributed by atoms with Crippen molar-refractivity contribution in [1.29, 1.82) is 0 Å². The van der Waals surface area contributed by atoms with Gasteiger partial charge in [0, 0.05) is 29.4 Å². The summed E-state index contributed by atoms with van der Waals surface area (Å²) < 4.78 is 21.4. The van der Waals surface area contributed by atoms with Gasteiger partial charge in [0.25, 0.3) is 0 Å². The van der Waals surface area contributed by atoms with Gasteiger partial charge in [-0.15, -0.1) is 0 Å². The molecule has 0 radical (unpaired) electrons. The Morgan fingerprint density at radius 3 is 2.65 bits per heavy atom. The predicted octanol–water partition coefficient (Wildman–Crippen LogP) is 2.80. The van der Waals surface area contributed by atoms with Gasteiger partial charge in [-0.25, -0.2) is 0 Å². The largest absolute Gasteiger partial charge is 0.493 e. The van der Waals surface area contributed by atoms with Gasteiger partial charge in [0.05, 0.1) is 14.2 Å². The van der Waals surface area contributed by atoms with E-state index in [1.165, 1.54) is 0 Å². The van der Waals surface area contributed by atoms with Crippen LogP contribution < -0.4 is 24.3 Å². The number of methoxy groups -OCH3 is 2. The summed E-state index contributed by atoms with van der Waals surface area (Å²) in [7, 11) is 3.22. The topological polar surface area (TPSA) is 66.0 Å². The summed E-state index contributed by atoms with van der Waals surface area (Å²) in [6.45, 7) is 0.938. The number of allylic oxidation sites excluding steroid dienone is 1. The van der Waals surface area contributed by atoms with E-state index < -0.39 is 0 Å². The fourth-order valence-electron chi connectivity index (χ4n) is 3.20. The van der Waals surface area contributed by atoms with Crippen molar-refractivity contribution in [3.63, 3.8) is 0 Å². The highest BCUT2D eigenvalue weighted by Crippen LogP contribution is 2.36. The molecule has 2 aliphatic heterocycles. The van der Waals surface area contributed by atoms with Crippen molar-refractivity contribution in [2.45, 2.75) is 6.42 Å². The van der Waals surface area contributed by atoms with E-state index in [4.69, 9.17) is 18.9 Å². The molecule has 6 nitrogen and oxygen atoms in total. The molecule has 2 aromatic rings. The number of nitrogens with one attached hydrogen (secondary N) is 1. The van der Waals surface area contributed by atoms with E-state index in [-0.39, 0.29) is 12.6 Å². The second-order valence-electron chi connectivity index (χ2n) is 6.03. The molecule has 26 heavy (non-hydrogen) atoms. The van der Waals surface area contributed by atoms with Crippen LogP contribution in [0.4, 0.5) is 0 Å². The SMILES string of the molecule is COc1cc2c(cc1OC)/C(=C/C(=O)c1ccc3c(c1)OCO3)NCC2. The Bertz CT molecular complexity index is 903. The molecule has 4 rings (SSSR count). The molecule has 0 atom stereocenters. The lowest BCUT2D eigenvalue weighted by Crippen LogP contribution is -2.23. The summed E-state index contributed by atoms with van der Waals surface area (Å²) in [5.41, 5.74) is 3.39. The van der Waals surface area contributed by atoms with E-state index in [0.29, 0.717) is 28.6 Å². The number of benzene rings is 2. The molecule has 0 spiro atoms. The number of hydrogen-bond donors (Lipinski definition) is 1. The first-order chi connectivity index (χ1) is 12.7. The molecule has 0 fully saturated rings. The van der Waals surface area contributed by atoms with E-state index in [1.54, 1.807) is 38.5 Å². The minimum Gasteiger partial charge on any atom is -0.493 e. The smallest absolute Gasteiger partial charge is 0.231 e. The Labute approximate surface area is 151 Å². The normalized spacial score (nSPS) is 16.0. The molecular weight excluding hydrogens is 334 g/mol. The maximum atomic E-state index is 12.7. The van der Waals surface area contributed by atoms with Crippen LogP contribution in [-0.4, -0.2) is 33.3 Å². The van der Waals surface area contributed by atoms with Crippen LogP contribution in [0.2, 0.25) is 0 Å². The zero-order valence-electron chi connectivity index (χ0n) is 14.6. The Kier molecular flexibility index (Phi) is 4.16. The van der Waals surface area contributed by atoms with Crippen molar-refractivity contribution in [3.05, 3.63) is 53.1 Å². The summed E-state index contributed by atoms with van der Waals surface area (Å²) in [5, 5.41) is 3.31. The summed E-state index contributed by atoms with van der Waals surface area (Å²) in [5.74, 6) is 2.48. The third kappa shape index (κ3) is 2.83. The van der Waals surface area contributed by atoms with Crippen LogP contribution in [0, 0.1) is 0 Å². The van der Waals surface area contributed by atoms with E-state index in [0.717, 1.165) is 29.8 Å². The molecule has 2 aromatic carbocycles. The Hall–Kier alpha value is -3.15. The number of carbonyl (C=O) groups is 1. The van der Waals surface area contributed by atoms with Gasteiger partial charge in [-0.1, -0.05) is 0 Å². The molecule has 0 amide bonds. The van der Waals surface area contributed by atoms with E-state index in [2.05, 4.69) is 5.32 Å². The lowest BCUT2D eigenvalue weighted by Gasteiger charge is -2.23. The molecule has 6 heteroatoms. The number of fused-ring (bicyclic) bond motifs is 2. The van der Waals surface area contributed by atoms with Crippen molar-refractivity contribution < 1.29 is 23.7 Å². The number of carbonyl (C=O) groups excluding carboxylic acids is 1. The van der Waals surface area contributed by atoms with Gasteiger partial charge in [0.1, 0.15) is 0 Å². The first-order valence-electron chi connectivity index (χ1n) is 8.34. The van der Waals surface area contributed by atoms with Crippen LogP contribution in [0.3, 0.4) is 0 Å². The maximum absolute atomic E-state index is 12.7. The van der Waals surface area contributed by atoms with Crippen molar-refractivity contribution in [2.24, 2.45) is 0 Å². The van der Waals surface area contributed by atoms with Crippen LogP contribution in [0.15, 0.2) is 36.4 Å². The van der Waals surface area contributed by atoms with E-state index >= 15 is 0 Å². The molecule has 0 unspecified atom stereocenters. The van der Waals surface area contributed by atoms with Crippen molar-refractivity contribution in [3.8, 4) is 23.0 Å². The maximum Gasteiger partial charge on any atom is 0.231 e. The second kappa shape index (κ2) is 6.63. The lowest BCUT2D eigenvalue weighted by atomic mass is 9.95. The summed E-state index contributed by atoms with van der Waals surface area (Å²) in [6.07, 6.45) is 2.46. The number of hydrogen-bond acceptors (Lipinski definition) is 6. The molecule has 2 aliphatic rings. The van der Waals surface area contributed by atoms with Crippen molar-refractivity contribution in [2.75, 3.05) is 27.6 Å². The van der Waals surface area contributed by atoms with Crippen molar-refractivity contribution in [1.82, 2.24) is 5.32 Å². The number of ether oxygens (including phenoxy) is 4. The first kappa shape index (κ1) is 16.3. The zero-order chi connectivity index (χ0) is 18.1. The third-order valence-corrected chi connectivity index (χ3v) is 4.54. The molecule has 0 saturated carbocycles. The molecule has 0 aromatic heterocycles. The first-order valence-corrected chi connectivity index (χ1v) is 8.34. The highest BCUT2D eigenvalue weighted by molar-refractivity contribution is 6.09. The molecule has 2 heterocycles. The number of ketones is 1. The van der Waals surface area contributed by atoms with Crippen LogP contribution in [-0.2, 0) is 6.42 Å². The Morgan fingerprint density at radius 1 is 1.08 bits per heavy atom. The van der Waals surface area contributed by atoms with Crippen LogP contribution in [0.25, 0.3) is 5.70 Å². The summed E-state index contributed by atoms with van der Waals surface area (Å²) >= 11 is 0. The summed E-state index contributed by atoms with van der Waals surface area (Å²) in [6, 6.07) is 9.07. The van der Waals surface area contributed by atoms with Gasteiger partial charge in [0.15, 0.2) is 28.8 Å². The monoisotopic (exact) mass is 353 g/mol. The fourth-order valence-corrected chi connectivity index (χ4v) is 3.20. The lowest BCUT2D eigenvalue weighted by molar-refractivity contribution is 0.104. The van der Waals surface area contributed by atoms with Gasteiger partial charge in [-0.05, 0) is 42.3 Å². The molecule has 0 aliphatic carbocycles. The highest BCUT2D eigenvalue weighted by Gasteiger charge is 2.20. The van der Waals surface area contributed by atoms with Crippen LogP contribution in [0.5, 0.6) is 23.0 Å². The summed E-state index contributed by atoms with van der Waals surface area (Å²) in [4.78, 5) is 12.7. The van der Waals surface area contributed by atoms with E-state index in [9.17, 15) is 4.79 Å².